The van der Waals surface area contributed by atoms with Gasteiger partial charge in [-0.05, 0) is 12.1 Å². The van der Waals surface area contributed by atoms with Crippen molar-refractivity contribution in [2.75, 3.05) is 31.6 Å². The quantitative estimate of drug-likeness (QED) is 0.699. The van der Waals surface area contributed by atoms with Crippen LogP contribution in [0.5, 0.6) is 0 Å². The molecule has 3 N–H and O–H groups in total. The molecular formula is C13H14F2N2O3. The first-order valence-electron chi connectivity index (χ1n) is 5.76. The van der Waals surface area contributed by atoms with Crippen molar-refractivity contribution < 1.29 is 23.8 Å². The maximum absolute atomic E-state index is 13.6. The standard InChI is InChI=1S/C13H14F2N2O3/c1-2-9-7-10(14)12(11(15)8-9)16-13(20)17(3-5-18)4-6-19/h1,7-8,18-19H,3-6H2,(H,16,20). The van der Waals surface area contributed by atoms with Gasteiger partial charge in [0.25, 0.3) is 0 Å². The van der Waals surface area contributed by atoms with Crippen molar-refractivity contribution in [2.24, 2.45) is 0 Å². The molecule has 1 aromatic rings. The molecule has 1 aromatic carbocycles. The number of aliphatic hydroxyl groups is 2. The Morgan fingerprint density at radius 2 is 1.75 bits per heavy atom. The highest BCUT2D eigenvalue weighted by molar-refractivity contribution is 5.89. The van der Waals surface area contributed by atoms with Crippen LogP contribution in [-0.4, -0.2) is 47.4 Å². The van der Waals surface area contributed by atoms with E-state index < -0.39 is 23.4 Å². The number of aliphatic hydroxyl groups excluding tert-OH is 2. The van der Waals surface area contributed by atoms with Crippen molar-refractivity contribution in [1.29, 1.82) is 0 Å². The summed E-state index contributed by atoms with van der Waals surface area (Å²) < 4.78 is 27.3. The van der Waals surface area contributed by atoms with Crippen LogP contribution >= 0.6 is 0 Å². The summed E-state index contributed by atoms with van der Waals surface area (Å²) in [6, 6.07) is 1.00. The number of carbonyl (C=O) groups excluding carboxylic acids is 1. The maximum Gasteiger partial charge on any atom is 0.322 e. The second-order valence-electron chi connectivity index (χ2n) is 3.82. The summed E-state index contributed by atoms with van der Waals surface area (Å²) in [5.74, 6) is 0.0819. The Morgan fingerprint density at radius 1 is 1.25 bits per heavy atom. The first-order chi connectivity index (χ1) is 9.53. The van der Waals surface area contributed by atoms with Gasteiger partial charge in [-0.2, -0.15) is 0 Å². The van der Waals surface area contributed by atoms with Crippen LogP contribution in [-0.2, 0) is 0 Å². The Labute approximate surface area is 114 Å². The number of amides is 2. The number of halogens is 2. The summed E-state index contributed by atoms with van der Waals surface area (Å²) in [4.78, 5) is 12.8. The van der Waals surface area contributed by atoms with E-state index in [-0.39, 0.29) is 31.9 Å². The number of anilines is 1. The van der Waals surface area contributed by atoms with Crippen LogP contribution in [0.25, 0.3) is 0 Å². The topological polar surface area (TPSA) is 72.8 Å². The molecule has 0 aliphatic carbocycles. The molecule has 20 heavy (non-hydrogen) atoms. The molecule has 0 aliphatic rings. The minimum atomic E-state index is -1.00. The first-order valence-corrected chi connectivity index (χ1v) is 5.76. The number of rotatable bonds is 5. The van der Waals surface area contributed by atoms with E-state index in [2.05, 4.69) is 5.92 Å². The maximum atomic E-state index is 13.6. The molecule has 7 heteroatoms. The summed E-state index contributed by atoms with van der Waals surface area (Å²) in [6.45, 7) is -0.820. The number of hydrogen-bond acceptors (Lipinski definition) is 3. The van der Waals surface area contributed by atoms with Crippen molar-refractivity contribution in [3.05, 3.63) is 29.3 Å². The van der Waals surface area contributed by atoms with Crippen LogP contribution in [0.1, 0.15) is 5.56 Å². The lowest BCUT2D eigenvalue weighted by atomic mass is 10.2. The molecule has 108 valence electrons. The molecule has 0 aromatic heterocycles. The number of carbonyl (C=O) groups is 1. The Morgan fingerprint density at radius 3 is 2.15 bits per heavy atom. The van der Waals surface area contributed by atoms with Crippen LogP contribution in [0.4, 0.5) is 19.3 Å². The van der Waals surface area contributed by atoms with Gasteiger partial charge in [0.1, 0.15) is 5.69 Å². The van der Waals surface area contributed by atoms with Gasteiger partial charge >= 0.3 is 6.03 Å². The minimum Gasteiger partial charge on any atom is -0.395 e. The van der Waals surface area contributed by atoms with E-state index in [0.717, 1.165) is 17.0 Å². The molecule has 0 fully saturated rings. The van der Waals surface area contributed by atoms with Gasteiger partial charge in [-0.3, -0.25) is 0 Å². The fraction of sp³-hybridized carbons (Fsp3) is 0.308. The zero-order valence-corrected chi connectivity index (χ0v) is 10.6. The highest BCUT2D eigenvalue weighted by atomic mass is 19.1. The van der Waals surface area contributed by atoms with E-state index in [1.165, 1.54) is 0 Å². The summed E-state index contributed by atoms with van der Waals surface area (Å²) in [6.07, 6.45) is 5.03. The molecule has 0 radical (unpaired) electrons. The number of nitrogens with one attached hydrogen (secondary N) is 1. The predicted octanol–water partition coefficient (Wildman–Crippen LogP) is 0.765. The molecule has 0 saturated heterocycles. The number of urea groups is 1. The van der Waals surface area contributed by atoms with E-state index in [1.807, 2.05) is 5.32 Å². The van der Waals surface area contributed by atoms with Gasteiger partial charge in [-0.1, -0.05) is 5.92 Å². The molecule has 0 atom stereocenters. The monoisotopic (exact) mass is 284 g/mol. The van der Waals surface area contributed by atoms with Crippen LogP contribution in [0, 0.1) is 24.0 Å². The summed E-state index contributed by atoms with van der Waals surface area (Å²) in [7, 11) is 0. The van der Waals surface area contributed by atoms with Crippen LogP contribution in [0.15, 0.2) is 12.1 Å². The van der Waals surface area contributed by atoms with Gasteiger partial charge in [-0.15, -0.1) is 6.42 Å². The first kappa shape index (κ1) is 15.9. The molecule has 0 spiro atoms. The number of hydrogen-bond donors (Lipinski definition) is 3. The van der Waals surface area contributed by atoms with Crippen molar-refractivity contribution >= 4 is 11.7 Å². The van der Waals surface area contributed by atoms with Crippen molar-refractivity contribution in [2.45, 2.75) is 0 Å². The van der Waals surface area contributed by atoms with Crippen molar-refractivity contribution in [1.82, 2.24) is 4.90 Å². The number of benzene rings is 1. The van der Waals surface area contributed by atoms with Crippen LogP contribution in [0.3, 0.4) is 0 Å². The van der Waals surface area contributed by atoms with Gasteiger partial charge < -0.3 is 20.4 Å². The molecule has 0 bridgehead atoms. The Bertz CT molecular complexity index is 500. The van der Waals surface area contributed by atoms with E-state index in [4.69, 9.17) is 16.6 Å². The highest BCUT2D eigenvalue weighted by Gasteiger charge is 2.17. The van der Waals surface area contributed by atoms with E-state index in [1.54, 1.807) is 0 Å². The summed E-state index contributed by atoms with van der Waals surface area (Å²) in [5.41, 5.74) is -0.615. The lowest BCUT2D eigenvalue weighted by Gasteiger charge is -2.21. The van der Waals surface area contributed by atoms with Crippen LogP contribution < -0.4 is 5.32 Å². The summed E-state index contributed by atoms with van der Waals surface area (Å²) in [5, 5.41) is 19.6. The van der Waals surface area contributed by atoms with Crippen molar-refractivity contribution in [3.8, 4) is 12.3 Å². The third kappa shape index (κ3) is 3.91. The molecule has 0 saturated carbocycles. The van der Waals surface area contributed by atoms with Gasteiger partial charge in [0.05, 0.1) is 13.2 Å². The van der Waals surface area contributed by atoms with Gasteiger partial charge in [0.2, 0.25) is 0 Å². The Kier molecular flexibility index (Phi) is 5.90. The SMILES string of the molecule is C#Cc1cc(F)c(NC(=O)N(CCO)CCO)c(F)c1. The fourth-order valence-electron chi connectivity index (χ4n) is 1.52. The van der Waals surface area contributed by atoms with E-state index in [9.17, 15) is 13.6 Å². The zero-order valence-electron chi connectivity index (χ0n) is 10.6. The number of terminal acetylenes is 1. The Balaban J connectivity index is 2.92. The number of nitrogens with zero attached hydrogens (tertiary/aromatic N) is 1. The Hall–Kier alpha value is -2.17. The predicted molar refractivity (Wildman–Crippen MR) is 69.1 cm³/mol. The largest absolute Gasteiger partial charge is 0.395 e. The van der Waals surface area contributed by atoms with Gasteiger partial charge in [-0.25, -0.2) is 13.6 Å². The van der Waals surface area contributed by atoms with Crippen LogP contribution in [0.2, 0.25) is 0 Å². The third-order valence-electron chi connectivity index (χ3n) is 2.47. The fourth-order valence-corrected chi connectivity index (χ4v) is 1.52. The van der Waals surface area contributed by atoms with Gasteiger partial charge in [0, 0.05) is 18.7 Å². The van der Waals surface area contributed by atoms with Gasteiger partial charge in [0.15, 0.2) is 11.6 Å². The normalized spacial score (nSPS) is 9.95. The lowest BCUT2D eigenvalue weighted by Crippen LogP contribution is -2.39. The molecule has 1 rings (SSSR count). The molecular weight excluding hydrogens is 270 g/mol. The average Bonchev–Trinajstić information content (AvgIpc) is 2.42. The second kappa shape index (κ2) is 7.43. The van der Waals surface area contributed by atoms with E-state index in [0.29, 0.717) is 0 Å². The highest BCUT2D eigenvalue weighted by Crippen LogP contribution is 2.20. The minimum absolute atomic E-state index is 0.0144. The third-order valence-corrected chi connectivity index (χ3v) is 2.47. The smallest absolute Gasteiger partial charge is 0.322 e. The molecule has 5 nitrogen and oxygen atoms in total. The summed E-state index contributed by atoms with van der Waals surface area (Å²) >= 11 is 0. The average molecular weight is 284 g/mol. The van der Waals surface area contributed by atoms with Crippen molar-refractivity contribution in [3.63, 3.8) is 0 Å². The lowest BCUT2D eigenvalue weighted by molar-refractivity contribution is 0.167. The zero-order chi connectivity index (χ0) is 15.1. The molecule has 2 amide bonds. The molecule has 0 heterocycles. The molecule has 0 aliphatic heterocycles. The van der Waals surface area contributed by atoms with E-state index >= 15 is 0 Å². The second-order valence-corrected chi connectivity index (χ2v) is 3.82. The molecule has 0 unspecified atom stereocenters.